The van der Waals surface area contributed by atoms with Crippen LogP contribution in [0.25, 0.3) is 5.82 Å². The molecule has 0 atom stereocenters. The minimum atomic E-state index is 0.0251. The first-order chi connectivity index (χ1) is 9.27. The maximum Gasteiger partial charge on any atom is 0.187 e. The molecular formula is C13H16N4O2. The van der Waals surface area contributed by atoms with E-state index in [1.54, 1.807) is 35.2 Å². The van der Waals surface area contributed by atoms with Crippen molar-refractivity contribution in [2.24, 2.45) is 10.9 Å². The predicted molar refractivity (Wildman–Crippen MR) is 71.9 cm³/mol. The molecule has 0 fully saturated rings. The van der Waals surface area contributed by atoms with Crippen molar-refractivity contribution in [1.29, 1.82) is 0 Å². The smallest absolute Gasteiger partial charge is 0.187 e. The third-order valence-corrected chi connectivity index (χ3v) is 2.56. The van der Waals surface area contributed by atoms with E-state index in [2.05, 4.69) is 10.1 Å². The number of ether oxygens (including phenoxy) is 1. The van der Waals surface area contributed by atoms with E-state index in [0.717, 1.165) is 6.42 Å². The van der Waals surface area contributed by atoms with Crippen LogP contribution in [0.4, 0.5) is 0 Å². The quantitative estimate of drug-likeness (QED) is 0.371. The molecule has 2 aromatic heterocycles. The van der Waals surface area contributed by atoms with Gasteiger partial charge in [0.05, 0.1) is 12.3 Å². The summed E-state index contributed by atoms with van der Waals surface area (Å²) in [7, 11) is 0. The van der Waals surface area contributed by atoms with Gasteiger partial charge in [-0.25, -0.2) is 4.98 Å². The third kappa shape index (κ3) is 2.67. The van der Waals surface area contributed by atoms with Crippen LogP contribution in [-0.4, -0.2) is 27.2 Å². The van der Waals surface area contributed by atoms with Crippen LogP contribution in [0.1, 0.15) is 19.0 Å². The number of hydrogen-bond donors (Lipinski definition) is 2. The van der Waals surface area contributed by atoms with E-state index in [0.29, 0.717) is 23.9 Å². The molecule has 6 nitrogen and oxygen atoms in total. The van der Waals surface area contributed by atoms with Crippen LogP contribution in [0.2, 0.25) is 0 Å². The molecule has 0 saturated heterocycles. The summed E-state index contributed by atoms with van der Waals surface area (Å²) in [5, 5.41) is 11.8. The van der Waals surface area contributed by atoms with E-state index in [1.807, 2.05) is 13.0 Å². The number of aromatic nitrogens is 2. The van der Waals surface area contributed by atoms with E-state index in [-0.39, 0.29) is 5.84 Å². The SMILES string of the molecule is CCCOc1cccnc1-n1cccc1/C(N)=N/O. The van der Waals surface area contributed by atoms with Crippen molar-refractivity contribution < 1.29 is 9.94 Å². The molecule has 3 N–H and O–H groups in total. The number of oxime groups is 1. The lowest BCUT2D eigenvalue weighted by molar-refractivity contribution is 0.314. The molecule has 0 unspecified atom stereocenters. The Hall–Kier alpha value is -2.50. The summed E-state index contributed by atoms with van der Waals surface area (Å²) in [6.45, 7) is 2.65. The third-order valence-electron chi connectivity index (χ3n) is 2.56. The predicted octanol–water partition coefficient (Wildman–Crippen LogP) is 1.76. The minimum absolute atomic E-state index is 0.0251. The van der Waals surface area contributed by atoms with Gasteiger partial charge in [-0.05, 0) is 30.7 Å². The van der Waals surface area contributed by atoms with Gasteiger partial charge in [0.15, 0.2) is 17.4 Å². The first-order valence-electron chi connectivity index (χ1n) is 6.01. The maximum atomic E-state index is 8.79. The van der Waals surface area contributed by atoms with Gasteiger partial charge in [-0.1, -0.05) is 12.1 Å². The van der Waals surface area contributed by atoms with Crippen molar-refractivity contribution in [2.45, 2.75) is 13.3 Å². The number of pyridine rings is 1. The Morgan fingerprint density at radius 1 is 1.47 bits per heavy atom. The van der Waals surface area contributed by atoms with Crippen LogP contribution >= 0.6 is 0 Å². The maximum absolute atomic E-state index is 8.79. The molecule has 2 aromatic rings. The molecule has 0 aliphatic heterocycles. The average molecular weight is 260 g/mol. The fourth-order valence-electron chi connectivity index (χ4n) is 1.71. The lowest BCUT2D eigenvalue weighted by Gasteiger charge is -2.12. The van der Waals surface area contributed by atoms with Crippen molar-refractivity contribution in [3.63, 3.8) is 0 Å². The Morgan fingerprint density at radius 2 is 2.32 bits per heavy atom. The summed E-state index contributed by atoms with van der Waals surface area (Å²) in [5.74, 6) is 1.30. The monoisotopic (exact) mass is 260 g/mol. The normalized spacial score (nSPS) is 11.5. The lowest BCUT2D eigenvalue weighted by atomic mass is 10.3. The number of nitrogens with two attached hydrogens (primary N) is 1. The second-order valence-corrected chi connectivity index (χ2v) is 3.92. The molecule has 0 bridgehead atoms. The Labute approximate surface area is 111 Å². The van der Waals surface area contributed by atoms with Gasteiger partial charge in [0.2, 0.25) is 0 Å². The van der Waals surface area contributed by atoms with Gasteiger partial charge in [0, 0.05) is 12.4 Å². The summed E-state index contributed by atoms with van der Waals surface area (Å²) in [6.07, 6.45) is 4.37. The van der Waals surface area contributed by atoms with Gasteiger partial charge < -0.3 is 15.7 Å². The Balaban J connectivity index is 2.44. The molecule has 0 aliphatic rings. The highest BCUT2D eigenvalue weighted by atomic mass is 16.5. The summed E-state index contributed by atoms with van der Waals surface area (Å²) < 4.78 is 7.37. The van der Waals surface area contributed by atoms with Crippen molar-refractivity contribution in [2.75, 3.05) is 6.61 Å². The van der Waals surface area contributed by atoms with Crippen molar-refractivity contribution >= 4 is 5.84 Å². The number of amidine groups is 1. The van der Waals surface area contributed by atoms with Crippen LogP contribution in [0.3, 0.4) is 0 Å². The van der Waals surface area contributed by atoms with E-state index in [4.69, 9.17) is 15.7 Å². The fourth-order valence-corrected chi connectivity index (χ4v) is 1.71. The van der Waals surface area contributed by atoms with Crippen LogP contribution in [0.15, 0.2) is 41.8 Å². The number of hydrogen-bond acceptors (Lipinski definition) is 4. The summed E-state index contributed by atoms with van der Waals surface area (Å²) in [5.41, 5.74) is 6.20. The fraction of sp³-hybridized carbons (Fsp3) is 0.231. The summed E-state index contributed by atoms with van der Waals surface area (Å²) in [4.78, 5) is 4.30. The second kappa shape index (κ2) is 5.90. The van der Waals surface area contributed by atoms with Crippen LogP contribution < -0.4 is 10.5 Å². The molecule has 2 heterocycles. The summed E-state index contributed by atoms with van der Waals surface area (Å²) in [6, 6.07) is 7.19. The largest absolute Gasteiger partial charge is 0.490 e. The van der Waals surface area contributed by atoms with Crippen LogP contribution in [0, 0.1) is 0 Å². The first kappa shape index (κ1) is 12.9. The number of nitrogens with zero attached hydrogens (tertiary/aromatic N) is 3. The van der Waals surface area contributed by atoms with Gasteiger partial charge in [-0.2, -0.15) is 0 Å². The van der Waals surface area contributed by atoms with E-state index in [9.17, 15) is 0 Å². The Morgan fingerprint density at radius 3 is 3.05 bits per heavy atom. The molecule has 19 heavy (non-hydrogen) atoms. The standard InChI is InChI=1S/C13H16N4O2/c1-2-9-19-11-6-3-7-15-13(11)17-8-4-5-10(17)12(14)16-18/h3-8,18H,2,9H2,1H3,(H2,14,16). The second-order valence-electron chi connectivity index (χ2n) is 3.92. The molecule has 0 radical (unpaired) electrons. The zero-order chi connectivity index (χ0) is 13.7. The van der Waals surface area contributed by atoms with E-state index in [1.165, 1.54) is 0 Å². The molecule has 2 rings (SSSR count). The van der Waals surface area contributed by atoms with Crippen molar-refractivity contribution in [3.8, 4) is 11.6 Å². The highest BCUT2D eigenvalue weighted by Gasteiger charge is 2.12. The lowest BCUT2D eigenvalue weighted by Crippen LogP contribution is -2.18. The molecule has 0 aliphatic carbocycles. The minimum Gasteiger partial charge on any atom is -0.490 e. The Bertz CT molecular complexity index is 578. The number of rotatable bonds is 5. The molecule has 6 heteroatoms. The topological polar surface area (TPSA) is 85.7 Å². The zero-order valence-corrected chi connectivity index (χ0v) is 10.7. The molecule has 0 aromatic carbocycles. The van der Waals surface area contributed by atoms with Gasteiger partial charge in [-0.15, -0.1) is 0 Å². The average Bonchev–Trinajstić information content (AvgIpc) is 2.93. The van der Waals surface area contributed by atoms with Crippen LogP contribution in [-0.2, 0) is 0 Å². The molecule has 0 amide bonds. The van der Waals surface area contributed by atoms with Crippen molar-refractivity contribution in [1.82, 2.24) is 9.55 Å². The highest BCUT2D eigenvalue weighted by Crippen LogP contribution is 2.22. The van der Waals surface area contributed by atoms with Gasteiger partial charge >= 0.3 is 0 Å². The first-order valence-corrected chi connectivity index (χ1v) is 6.01. The molecular weight excluding hydrogens is 244 g/mol. The zero-order valence-electron chi connectivity index (χ0n) is 10.7. The van der Waals surface area contributed by atoms with Crippen molar-refractivity contribution in [3.05, 3.63) is 42.4 Å². The van der Waals surface area contributed by atoms with E-state index >= 15 is 0 Å². The summed E-state index contributed by atoms with van der Waals surface area (Å²) >= 11 is 0. The Kier molecular flexibility index (Phi) is 4.02. The molecule has 0 saturated carbocycles. The van der Waals surface area contributed by atoms with Crippen LogP contribution in [0.5, 0.6) is 5.75 Å². The van der Waals surface area contributed by atoms with Gasteiger partial charge in [-0.3, -0.25) is 4.57 Å². The van der Waals surface area contributed by atoms with Gasteiger partial charge in [0.1, 0.15) is 0 Å². The molecule has 100 valence electrons. The highest BCUT2D eigenvalue weighted by molar-refractivity contribution is 5.96. The van der Waals surface area contributed by atoms with Gasteiger partial charge in [0.25, 0.3) is 0 Å². The van der Waals surface area contributed by atoms with E-state index < -0.39 is 0 Å². The molecule has 0 spiro atoms.